The van der Waals surface area contributed by atoms with Gasteiger partial charge in [0.1, 0.15) is 18.6 Å². The van der Waals surface area contributed by atoms with Gasteiger partial charge in [0.15, 0.2) is 5.15 Å². The highest BCUT2D eigenvalue weighted by Gasteiger charge is 2.41. The van der Waals surface area contributed by atoms with Gasteiger partial charge in [-0.05, 0) is 176 Å². The summed E-state index contributed by atoms with van der Waals surface area (Å²) in [6, 6.07) is 22.3. The Morgan fingerprint density at radius 3 is 1.50 bits per heavy atom. The number of aromatic amines is 1. The van der Waals surface area contributed by atoms with E-state index in [0.717, 1.165) is 80.6 Å². The van der Waals surface area contributed by atoms with Crippen LogP contribution in [0.4, 0.5) is 35.9 Å². The molecule has 13 rings (SSSR count). The second-order valence-corrected chi connectivity index (χ2v) is 33.9. The molecule has 7 amide bonds. The Morgan fingerprint density at radius 1 is 0.560 bits per heavy atom. The second-order valence-electron chi connectivity index (χ2n) is 25.7. The van der Waals surface area contributed by atoms with Crippen LogP contribution in [0.3, 0.4) is 0 Å². The molecule has 5 aromatic carbocycles. The van der Waals surface area contributed by atoms with E-state index in [-0.39, 0.29) is 81.8 Å². The highest BCUT2D eigenvalue weighted by Crippen LogP contribution is 2.39. The van der Waals surface area contributed by atoms with Gasteiger partial charge in [-0.2, -0.15) is 69.6 Å². The quantitative estimate of drug-likeness (QED) is 0.0407. The largest absolute Gasteiger partial charge is 0.416 e. The maximum Gasteiger partial charge on any atom is 0.416 e. The van der Waals surface area contributed by atoms with Crippen LogP contribution >= 0.6 is 58.3 Å². The number of piperidine rings is 1. The molecule has 8 heterocycles. The molecule has 580 valence electrons. The van der Waals surface area contributed by atoms with Gasteiger partial charge in [-0.1, -0.05) is 95.7 Å². The lowest BCUT2D eigenvalue weighted by molar-refractivity contribution is -0.139. The van der Waals surface area contributed by atoms with Gasteiger partial charge in [0.25, 0.3) is 34.1 Å². The summed E-state index contributed by atoms with van der Waals surface area (Å²) in [4.78, 5) is 92.4. The van der Waals surface area contributed by atoms with E-state index in [4.69, 9.17) is 34.8 Å². The number of rotatable bonds is 20. The number of thioether (sulfide) groups is 2. The molecule has 4 N–H and O–H groups in total. The third-order valence-corrected chi connectivity index (χ3v) is 24.9. The minimum absolute atomic E-state index is 0.00626. The van der Waals surface area contributed by atoms with Crippen LogP contribution in [0.25, 0.3) is 45.0 Å². The van der Waals surface area contributed by atoms with Gasteiger partial charge < -0.3 is 4.98 Å². The molecule has 27 nitrogen and oxygen atoms in total. The van der Waals surface area contributed by atoms with E-state index in [1.165, 1.54) is 56.2 Å². The molecule has 109 heavy (non-hydrogen) atoms. The van der Waals surface area contributed by atoms with E-state index in [0.29, 0.717) is 105 Å². The Labute approximate surface area is 643 Å². The predicted molar refractivity (Wildman–Crippen MR) is 398 cm³/mol. The maximum atomic E-state index is 13.6. The fraction of sp³-hybridized carbons (Fsp3) is 0.353. The minimum atomic E-state index is -4.63. The molecule has 0 radical (unpaired) electrons. The Morgan fingerprint density at radius 2 is 1.02 bits per heavy atom. The Hall–Kier alpha value is -8.44. The van der Waals surface area contributed by atoms with Crippen LogP contribution in [0.1, 0.15) is 108 Å². The lowest BCUT2D eigenvalue weighted by Gasteiger charge is -2.25. The maximum absolute atomic E-state index is 13.6. The Kier molecular flexibility index (Phi) is 25.2. The summed E-state index contributed by atoms with van der Waals surface area (Å²) in [7, 11) is -11.9. The fourth-order valence-electron chi connectivity index (χ4n) is 12.6. The molecule has 5 aliphatic heterocycles. The average molecular weight is 1670 g/mol. The van der Waals surface area contributed by atoms with E-state index in [2.05, 4.69) is 32.0 Å². The molecule has 0 bridgehead atoms. The molecule has 3 aromatic heterocycles. The van der Waals surface area contributed by atoms with Crippen molar-refractivity contribution in [2.45, 2.75) is 103 Å². The first-order valence-electron chi connectivity index (χ1n) is 33.7. The van der Waals surface area contributed by atoms with E-state index < -0.39 is 107 Å². The topological polar surface area (TPSA) is 339 Å². The van der Waals surface area contributed by atoms with Gasteiger partial charge >= 0.3 is 43.0 Å². The molecule has 41 heteroatoms. The van der Waals surface area contributed by atoms with Crippen molar-refractivity contribution in [2.24, 2.45) is 0 Å². The number of hydrogen-bond acceptors (Lipinski definition) is 18. The van der Waals surface area contributed by atoms with Crippen molar-refractivity contribution in [3.05, 3.63) is 166 Å². The molecule has 0 saturated carbocycles. The van der Waals surface area contributed by atoms with Crippen LogP contribution in [0.2, 0.25) is 15.2 Å². The molecular weight excluding hydrogens is 1600 g/mol. The first-order chi connectivity index (χ1) is 51.4. The van der Waals surface area contributed by atoms with E-state index in [9.17, 15) is 85.2 Å². The zero-order valence-corrected chi connectivity index (χ0v) is 64.0. The first kappa shape index (κ1) is 81.5. The van der Waals surface area contributed by atoms with E-state index in [1.54, 1.807) is 30.3 Å². The van der Waals surface area contributed by atoms with Crippen molar-refractivity contribution in [3.8, 4) is 0 Å². The van der Waals surface area contributed by atoms with Gasteiger partial charge in [0.05, 0.1) is 51.5 Å². The van der Waals surface area contributed by atoms with Crippen LogP contribution in [0.5, 0.6) is 0 Å². The summed E-state index contributed by atoms with van der Waals surface area (Å²) >= 11 is 19.0. The van der Waals surface area contributed by atoms with E-state index in [1.807, 2.05) is 34.6 Å². The molecule has 8 aromatic rings. The van der Waals surface area contributed by atoms with Gasteiger partial charge in [-0.25, -0.2) is 18.8 Å². The number of carbonyl (C=O) groups excluding carboxylic acids is 7. The molecule has 5 aliphatic rings. The number of H-pyrrole nitrogens is 1. The fourth-order valence-corrected chi connectivity index (χ4v) is 18.5. The molecule has 0 unspecified atom stereocenters. The Bertz CT molecular complexity index is 5370. The number of amides is 7. The van der Waals surface area contributed by atoms with Crippen LogP contribution in [-0.4, -0.2) is 170 Å². The number of nitrogens with one attached hydrogen (secondary N) is 4. The lowest BCUT2D eigenvalue weighted by Crippen LogP contribution is -2.46. The number of halogens is 9. The SMILES string of the molecule is CCCc1[nH]c2ccc(C)cc2c1CC(=O)NS(=O)(=O)N1CCCCC1.O=C(CN1C(=O)S/C(=C\c2ccc3c(c2)c(Cl)nn3Cc2ccc(Cl)cc2C(F)(F)F)C1=O)NS(=O)(=O)N1CCCC1.O=C(CN1C(=O)S/C(=C\c2ccc3c(c2)nnn3Cc2ccc(Cl)cc2C(F)(F)F)C1=O)NS(=O)(=O)N1CCCC1. The second kappa shape index (κ2) is 33.6. The van der Waals surface area contributed by atoms with Crippen LogP contribution in [-0.2, 0) is 92.9 Å². The van der Waals surface area contributed by atoms with Crippen LogP contribution < -0.4 is 14.2 Å². The standard InChI is InChI=1S/C25H20Cl2F3N5O5S2.C24H20ClF3N6O5S2.C19H27N3O3S/c26-16-5-4-15(18(11-16)25(28,29)30)12-35-19-6-3-14(9-17(19)22(27)31-35)10-20-23(37)34(24(38)41-20)13-21(36)32-42(39,40)33-7-1-2-8-33;25-16-5-4-15(17(11-16)24(26,27)28)12-34-19-6-3-14(9-18(19)29-31-34)10-20-22(36)33(23(37)40-20)13-21(35)30-41(38,39)32-7-1-2-8-32;1-3-7-17-16(15-12-14(2)8-9-18(15)20-17)13-19(23)21-26(24,25)22-10-5-4-6-11-22/h3-6,9-11H,1-2,7-8,12-13H2,(H,32,36);3-6,9-11H,1-2,7-8,12-13H2,(H,30,35);8-9,12,20H,3-7,10-11,13H2,1-2H3,(H,21,23)/b2*20-10-;. The van der Waals surface area contributed by atoms with Crippen LogP contribution in [0, 0.1) is 6.92 Å². The van der Waals surface area contributed by atoms with Gasteiger partial charge in [0.2, 0.25) is 5.91 Å². The first-order valence-corrected chi connectivity index (χ1v) is 40.8. The minimum Gasteiger partial charge on any atom is -0.358 e. The number of alkyl halides is 6. The smallest absolute Gasteiger partial charge is 0.358 e. The molecule has 0 atom stereocenters. The highest BCUT2D eigenvalue weighted by molar-refractivity contribution is 8.18. The summed E-state index contributed by atoms with van der Waals surface area (Å²) in [5, 5.41) is 11.9. The van der Waals surface area contributed by atoms with Crippen molar-refractivity contribution in [3.63, 3.8) is 0 Å². The summed E-state index contributed by atoms with van der Waals surface area (Å²) in [5.74, 6) is -4.09. The number of hydrogen-bond donors (Lipinski definition) is 4. The third kappa shape index (κ3) is 19.7. The van der Waals surface area contributed by atoms with Crippen molar-refractivity contribution >= 4 is 174 Å². The zero-order chi connectivity index (χ0) is 78.7. The van der Waals surface area contributed by atoms with Crippen molar-refractivity contribution < 1.29 is 85.2 Å². The molecular formula is C68H67Cl3F6N14O13S5. The number of aryl methyl sites for hydroxylation is 2. The number of aromatic nitrogens is 6. The summed E-state index contributed by atoms with van der Waals surface area (Å²) in [6.45, 7) is 4.14. The van der Waals surface area contributed by atoms with Gasteiger partial charge in [0, 0.05) is 71.3 Å². The highest BCUT2D eigenvalue weighted by atomic mass is 35.5. The number of nitrogens with zero attached hydrogens (tertiary/aromatic N) is 10. The summed E-state index contributed by atoms with van der Waals surface area (Å²) in [5.41, 5.74) is 4.15. The number of benzene rings is 5. The van der Waals surface area contributed by atoms with Crippen molar-refractivity contribution in [1.29, 1.82) is 0 Å². The average Bonchev–Trinajstić information content (AvgIpc) is 1.66. The van der Waals surface area contributed by atoms with Gasteiger partial charge in [-0.3, -0.25) is 48.0 Å². The third-order valence-electron chi connectivity index (χ3n) is 17.8. The summed E-state index contributed by atoms with van der Waals surface area (Å²) in [6.07, 6.45) is 0.781. The normalized spacial score (nSPS) is 17.3. The van der Waals surface area contributed by atoms with Crippen molar-refractivity contribution in [2.75, 3.05) is 52.4 Å². The monoisotopic (exact) mass is 1670 g/mol. The van der Waals surface area contributed by atoms with Gasteiger partial charge in [-0.15, -0.1) is 5.10 Å². The molecule has 0 spiro atoms. The molecule has 5 fully saturated rings. The van der Waals surface area contributed by atoms with Crippen LogP contribution in [0.15, 0.2) is 101 Å². The zero-order valence-electron chi connectivity index (χ0n) is 57.7. The summed E-state index contributed by atoms with van der Waals surface area (Å²) < 4.78 is 167. The predicted octanol–water partition coefficient (Wildman–Crippen LogP) is 11.4. The molecule has 5 saturated heterocycles. The van der Waals surface area contributed by atoms with E-state index >= 15 is 0 Å². The number of imide groups is 2. The number of carbonyl (C=O) groups is 7. The lowest BCUT2D eigenvalue weighted by atomic mass is 10.0. The molecule has 0 aliphatic carbocycles. The number of fused-ring (bicyclic) bond motifs is 3. The Balaban J connectivity index is 0.000000167. The van der Waals surface area contributed by atoms with Crippen molar-refractivity contribution in [1.82, 2.24) is 66.6 Å².